The van der Waals surface area contributed by atoms with E-state index in [1.807, 2.05) is 61.0 Å². The van der Waals surface area contributed by atoms with E-state index in [0.29, 0.717) is 23.4 Å². The maximum atomic E-state index is 9.86. The number of nitrogens with one attached hydrogen (secondary N) is 1. The van der Waals surface area contributed by atoms with E-state index in [4.69, 9.17) is 0 Å². The van der Waals surface area contributed by atoms with Crippen LogP contribution in [0.5, 0.6) is 0 Å². The molecule has 0 saturated carbocycles. The van der Waals surface area contributed by atoms with E-state index in [0.717, 1.165) is 33.6 Å². The second-order valence-electron chi connectivity index (χ2n) is 6.54. The molecule has 0 fully saturated rings. The molecular formula is C22H17N7. The summed E-state index contributed by atoms with van der Waals surface area (Å²) in [4.78, 5) is 0. The summed E-state index contributed by atoms with van der Waals surface area (Å²) < 4.78 is 1.96. The zero-order valence-electron chi connectivity index (χ0n) is 16.0. The largest absolute Gasteiger partial charge is 0.343 e. The topological polar surface area (TPSA) is 107 Å². The zero-order valence-corrected chi connectivity index (χ0v) is 16.0. The van der Waals surface area contributed by atoms with Crippen molar-refractivity contribution in [1.82, 2.24) is 25.2 Å². The first-order valence-electron chi connectivity index (χ1n) is 9.15. The molecular weight excluding hydrogens is 362 g/mol. The van der Waals surface area contributed by atoms with Crippen molar-refractivity contribution < 1.29 is 0 Å². The lowest BCUT2D eigenvalue weighted by Crippen LogP contribution is -1.99. The highest BCUT2D eigenvalue weighted by Crippen LogP contribution is 2.38. The van der Waals surface area contributed by atoms with Crippen molar-refractivity contribution in [3.63, 3.8) is 0 Å². The molecule has 0 radical (unpaired) electrons. The van der Waals surface area contributed by atoms with Gasteiger partial charge >= 0.3 is 0 Å². The standard InChI is InChI=1S/C22H17N7/c1-3-19-18(13-24)20(21(29(19)2)22-25-27-28-26-22)15-10-8-14(9-11-15)17-7-5-4-6-16(17)12-23/h4-11H,3H2,1-2H3,(H,25,26,27,28). The molecule has 4 rings (SSSR count). The molecule has 29 heavy (non-hydrogen) atoms. The van der Waals surface area contributed by atoms with Crippen molar-refractivity contribution in [1.29, 1.82) is 10.5 Å². The first kappa shape index (κ1) is 18.1. The Balaban J connectivity index is 1.90. The first-order valence-corrected chi connectivity index (χ1v) is 9.15. The quantitative estimate of drug-likeness (QED) is 0.579. The van der Waals surface area contributed by atoms with Crippen LogP contribution in [0.4, 0.5) is 0 Å². The molecule has 2 aromatic carbocycles. The van der Waals surface area contributed by atoms with Crippen LogP contribution in [-0.2, 0) is 13.5 Å². The molecule has 140 valence electrons. The Morgan fingerprint density at radius 1 is 1.00 bits per heavy atom. The van der Waals surface area contributed by atoms with Crippen LogP contribution in [0, 0.1) is 22.7 Å². The number of aromatic nitrogens is 5. The van der Waals surface area contributed by atoms with E-state index in [2.05, 4.69) is 32.8 Å². The van der Waals surface area contributed by atoms with Gasteiger partial charge in [0, 0.05) is 18.3 Å². The summed E-state index contributed by atoms with van der Waals surface area (Å²) in [7, 11) is 1.91. The fraction of sp³-hybridized carbons (Fsp3) is 0.136. The first-order chi connectivity index (χ1) is 14.2. The van der Waals surface area contributed by atoms with Gasteiger partial charge < -0.3 is 4.57 Å². The van der Waals surface area contributed by atoms with Gasteiger partial charge in [-0.25, -0.2) is 0 Å². The number of H-pyrrole nitrogens is 1. The third kappa shape index (κ3) is 2.95. The van der Waals surface area contributed by atoms with Gasteiger partial charge in [0.1, 0.15) is 6.07 Å². The molecule has 2 heterocycles. The van der Waals surface area contributed by atoms with Crippen LogP contribution in [0.1, 0.15) is 23.7 Å². The van der Waals surface area contributed by atoms with E-state index in [1.165, 1.54) is 0 Å². The van der Waals surface area contributed by atoms with E-state index in [1.54, 1.807) is 6.07 Å². The normalized spacial score (nSPS) is 10.5. The smallest absolute Gasteiger partial charge is 0.221 e. The van der Waals surface area contributed by atoms with Gasteiger partial charge in [0.25, 0.3) is 0 Å². The van der Waals surface area contributed by atoms with Crippen molar-refractivity contribution in [3.8, 4) is 45.9 Å². The minimum Gasteiger partial charge on any atom is -0.343 e. The number of hydrogen-bond acceptors (Lipinski definition) is 5. The Bertz CT molecular complexity index is 1250. The summed E-state index contributed by atoms with van der Waals surface area (Å²) in [6.45, 7) is 2.02. The van der Waals surface area contributed by atoms with Crippen molar-refractivity contribution in [2.24, 2.45) is 7.05 Å². The monoisotopic (exact) mass is 379 g/mol. The molecule has 0 aliphatic carbocycles. The second-order valence-corrected chi connectivity index (χ2v) is 6.54. The van der Waals surface area contributed by atoms with Crippen molar-refractivity contribution in [3.05, 3.63) is 65.4 Å². The van der Waals surface area contributed by atoms with Crippen LogP contribution in [-0.4, -0.2) is 25.2 Å². The average Bonchev–Trinajstić information content (AvgIpc) is 3.39. The Hall–Kier alpha value is -4.23. The predicted molar refractivity (Wildman–Crippen MR) is 108 cm³/mol. The fourth-order valence-electron chi connectivity index (χ4n) is 3.72. The Morgan fingerprint density at radius 3 is 2.34 bits per heavy atom. The van der Waals surface area contributed by atoms with E-state index in [9.17, 15) is 10.5 Å². The summed E-state index contributed by atoms with van der Waals surface area (Å²) >= 11 is 0. The molecule has 0 amide bonds. The molecule has 0 bridgehead atoms. The molecule has 1 N–H and O–H groups in total. The molecule has 2 aromatic heterocycles. The van der Waals surface area contributed by atoms with Gasteiger partial charge in [-0.1, -0.05) is 49.4 Å². The number of nitriles is 2. The molecule has 0 aliphatic heterocycles. The van der Waals surface area contributed by atoms with Crippen LogP contribution in [0.3, 0.4) is 0 Å². The lowest BCUT2D eigenvalue weighted by Gasteiger charge is -2.08. The summed E-state index contributed by atoms with van der Waals surface area (Å²) in [5.74, 6) is 0.442. The molecule has 0 saturated heterocycles. The van der Waals surface area contributed by atoms with E-state index < -0.39 is 0 Å². The van der Waals surface area contributed by atoms with Gasteiger partial charge in [-0.2, -0.15) is 15.7 Å². The number of rotatable bonds is 4. The van der Waals surface area contributed by atoms with Crippen LogP contribution in [0.15, 0.2) is 48.5 Å². The maximum absolute atomic E-state index is 9.86. The molecule has 7 nitrogen and oxygen atoms in total. The minimum absolute atomic E-state index is 0.442. The highest BCUT2D eigenvalue weighted by Gasteiger charge is 2.24. The zero-order chi connectivity index (χ0) is 20.4. The maximum Gasteiger partial charge on any atom is 0.221 e. The third-order valence-corrected chi connectivity index (χ3v) is 5.05. The summed E-state index contributed by atoms with van der Waals surface area (Å²) in [6, 6.07) is 19.9. The average molecular weight is 379 g/mol. The summed E-state index contributed by atoms with van der Waals surface area (Å²) in [5.41, 5.74) is 6.39. The number of hydrogen-bond donors (Lipinski definition) is 1. The SMILES string of the molecule is CCc1c(C#N)c(-c2ccc(-c3ccccc3C#N)cc2)c(-c2nn[nH]n2)n1C. The molecule has 4 aromatic rings. The Labute approximate surface area is 167 Å². The van der Waals surface area contributed by atoms with Gasteiger partial charge in [0.15, 0.2) is 0 Å². The van der Waals surface area contributed by atoms with Crippen molar-refractivity contribution in [2.75, 3.05) is 0 Å². The number of tetrazole rings is 1. The molecule has 0 aliphatic rings. The van der Waals surface area contributed by atoms with Crippen LogP contribution < -0.4 is 0 Å². The number of nitrogens with zero attached hydrogens (tertiary/aromatic N) is 6. The van der Waals surface area contributed by atoms with Crippen molar-refractivity contribution >= 4 is 0 Å². The van der Waals surface area contributed by atoms with Gasteiger partial charge in [-0.05, 0) is 34.4 Å². The Morgan fingerprint density at radius 2 is 1.72 bits per heavy atom. The highest BCUT2D eigenvalue weighted by molar-refractivity contribution is 5.86. The van der Waals surface area contributed by atoms with E-state index >= 15 is 0 Å². The molecule has 0 atom stereocenters. The lowest BCUT2D eigenvalue weighted by atomic mass is 9.95. The molecule has 7 heteroatoms. The second kappa shape index (κ2) is 7.41. The van der Waals surface area contributed by atoms with Crippen LogP contribution in [0.25, 0.3) is 33.8 Å². The van der Waals surface area contributed by atoms with Gasteiger partial charge in [-0.15, -0.1) is 10.2 Å². The van der Waals surface area contributed by atoms with Crippen LogP contribution >= 0.6 is 0 Å². The summed E-state index contributed by atoms with van der Waals surface area (Å²) in [6.07, 6.45) is 0.706. The predicted octanol–water partition coefficient (Wildman–Crippen LogP) is 3.84. The Kier molecular flexibility index (Phi) is 4.64. The third-order valence-electron chi connectivity index (χ3n) is 5.05. The fourth-order valence-corrected chi connectivity index (χ4v) is 3.72. The summed E-state index contributed by atoms with van der Waals surface area (Å²) in [5, 5.41) is 33.7. The van der Waals surface area contributed by atoms with Gasteiger partial charge in [-0.3, -0.25) is 0 Å². The highest BCUT2D eigenvalue weighted by atomic mass is 15.5. The minimum atomic E-state index is 0.442. The van der Waals surface area contributed by atoms with Crippen LogP contribution in [0.2, 0.25) is 0 Å². The lowest BCUT2D eigenvalue weighted by molar-refractivity contribution is 0.835. The molecule has 0 spiro atoms. The van der Waals surface area contributed by atoms with Gasteiger partial charge in [0.05, 0.1) is 22.9 Å². The number of aromatic amines is 1. The van der Waals surface area contributed by atoms with Gasteiger partial charge in [0.2, 0.25) is 5.82 Å². The number of benzene rings is 2. The van der Waals surface area contributed by atoms with Crippen molar-refractivity contribution in [2.45, 2.75) is 13.3 Å². The van der Waals surface area contributed by atoms with E-state index in [-0.39, 0.29) is 0 Å². The molecule has 0 unspecified atom stereocenters.